The Balaban J connectivity index is 1.75. The van der Waals surface area contributed by atoms with E-state index in [0.717, 1.165) is 23.5 Å². The Morgan fingerprint density at radius 2 is 1.77 bits per heavy atom. The number of anilines is 1. The molecule has 0 aliphatic carbocycles. The molecule has 0 spiro atoms. The van der Waals surface area contributed by atoms with E-state index in [1.54, 1.807) is 0 Å². The highest BCUT2D eigenvalue weighted by atomic mass is 32.2. The first-order valence-electron chi connectivity index (χ1n) is 8.91. The second-order valence-electron chi connectivity index (χ2n) is 6.51. The summed E-state index contributed by atoms with van der Waals surface area (Å²) in [6.07, 6.45) is -4.01. The number of carbonyl (C=O) groups excluding carboxylic acids is 1. The Bertz CT molecular complexity index is 1040. The number of ether oxygens (including phenoxy) is 2. The highest BCUT2D eigenvalue weighted by Crippen LogP contribution is 2.35. The molecule has 0 fully saturated rings. The zero-order valence-corrected chi connectivity index (χ0v) is 16.7. The second kappa shape index (κ2) is 8.52. The summed E-state index contributed by atoms with van der Waals surface area (Å²) >= 11 is 0. The van der Waals surface area contributed by atoms with Gasteiger partial charge in [-0.05, 0) is 24.3 Å². The number of sulfonamides is 1. The van der Waals surface area contributed by atoms with Crippen molar-refractivity contribution >= 4 is 21.6 Å². The predicted octanol–water partition coefficient (Wildman–Crippen LogP) is 3.13. The Morgan fingerprint density at radius 3 is 2.47 bits per heavy atom. The van der Waals surface area contributed by atoms with Crippen molar-refractivity contribution in [1.29, 1.82) is 0 Å². The third kappa shape index (κ3) is 4.85. The Morgan fingerprint density at radius 1 is 1.10 bits per heavy atom. The van der Waals surface area contributed by atoms with Crippen molar-refractivity contribution < 1.29 is 35.9 Å². The van der Waals surface area contributed by atoms with Crippen LogP contribution < -0.4 is 14.8 Å². The summed E-state index contributed by atoms with van der Waals surface area (Å²) in [5.41, 5.74) is -1.47. The van der Waals surface area contributed by atoms with Crippen molar-refractivity contribution in [3.63, 3.8) is 0 Å². The normalized spacial score (nSPS) is 14.3. The molecule has 0 unspecified atom stereocenters. The van der Waals surface area contributed by atoms with Gasteiger partial charge < -0.3 is 14.8 Å². The molecule has 1 aliphatic rings. The van der Waals surface area contributed by atoms with Gasteiger partial charge in [0.2, 0.25) is 15.9 Å². The van der Waals surface area contributed by atoms with Gasteiger partial charge in [0.05, 0.1) is 35.9 Å². The largest absolute Gasteiger partial charge is 0.490 e. The molecule has 0 bridgehead atoms. The van der Waals surface area contributed by atoms with Crippen molar-refractivity contribution in [3.05, 3.63) is 48.0 Å². The van der Waals surface area contributed by atoms with E-state index in [9.17, 15) is 26.4 Å². The monoisotopic (exact) mass is 444 g/mol. The molecule has 0 aromatic heterocycles. The van der Waals surface area contributed by atoms with Crippen LogP contribution in [-0.4, -0.2) is 45.4 Å². The molecular weight excluding hydrogens is 425 g/mol. The van der Waals surface area contributed by atoms with Gasteiger partial charge in [-0.2, -0.15) is 17.5 Å². The van der Waals surface area contributed by atoms with Crippen LogP contribution in [0.15, 0.2) is 47.4 Å². The molecule has 2 aromatic carbocycles. The van der Waals surface area contributed by atoms with Crippen LogP contribution in [-0.2, 0) is 21.0 Å². The van der Waals surface area contributed by atoms with Crippen molar-refractivity contribution in [2.45, 2.75) is 17.5 Å². The average molecular weight is 444 g/mol. The lowest BCUT2D eigenvalue weighted by atomic mass is 10.1. The minimum absolute atomic E-state index is 0.127. The number of fused-ring (bicyclic) bond motifs is 1. The van der Waals surface area contributed by atoms with E-state index in [4.69, 9.17) is 9.47 Å². The van der Waals surface area contributed by atoms with Gasteiger partial charge in [-0.15, -0.1) is 0 Å². The minimum atomic E-state index is -4.66. The van der Waals surface area contributed by atoms with Crippen LogP contribution in [0.1, 0.15) is 12.0 Å². The molecule has 3 rings (SSSR count). The van der Waals surface area contributed by atoms with Gasteiger partial charge in [0.1, 0.15) is 0 Å². The van der Waals surface area contributed by atoms with Crippen molar-refractivity contribution in [2.24, 2.45) is 0 Å². The molecule has 1 amide bonds. The molecule has 0 saturated heterocycles. The minimum Gasteiger partial charge on any atom is -0.490 e. The Labute approximate surface area is 171 Å². The summed E-state index contributed by atoms with van der Waals surface area (Å²) in [5, 5.41) is 2.12. The van der Waals surface area contributed by atoms with Gasteiger partial charge >= 0.3 is 6.18 Å². The number of nitrogens with zero attached hydrogens (tertiary/aromatic N) is 1. The lowest BCUT2D eigenvalue weighted by molar-refractivity contribution is -0.137. The Kier molecular flexibility index (Phi) is 6.22. The van der Waals surface area contributed by atoms with E-state index in [0.29, 0.717) is 25.4 Å². The molecule has 11 heteroatoms. The molecule has 162 valence electrons. The number of amides is 1. The number of likely N-dealkylation sites (N-methyl/N-ethyl adjacent to an activating group) is 1. The van der Waals surface area contributed by atoms with Crippen LogP contribution in [0.25, 0.3) is 0 Å². The fourth-order valence-corrected chi connectivity index (χ4v) is 3.94. The summed E-state index contributed by atoms with van der Waals surface area (Å²) < 4.78 is 76.4. The van der Waals surface area contributed by atoms with Crippen LogP contribution in [0.3, 0.4) is 0 Å². The average Bonchev–Trinajstić information content (AvgIpc) is 2.92. The molecule has 2 aromatic rings. The number of hydrogen-bond acceptors (Lipinski definition) is 5. The molecule has 1 heterocycles. The fourth-order valence-electron chi connectivity index (χ4n) is 2.80. The number of carbonyl (C=O) groups is 1. The molecule has 0 radical (unpaired) electrons. The standard InChI is InChI=1S/C19H19F3N2O5S/c1-24(12-18(25)23-15-6-3-2-5-14(15)19(20,21)22)30(26,27)13-7-8-16-17(11-13)29-10-4-9-28-16/h2-3,5-8,11H,4,9-10,12H2,1H3,(H,23,25). The topological polar surface area (TPSA) is 84.9 Å². The molecule has 30 heavy (non-hydrogen) atoms. The van der Waals surface area contributed by atoms with E-state index in [1.165, 1.54) is 30.3 Å². The van der Waals surface area contributed by atoms with Gasteiger partial charge in [0.15, 0.2) is 11.5 Å². The van der Waals surface area contributed by atoms with Gasteiger partial charge in [0, 0.05) is 19.5 Å². The quantitative estimate of drug-likeness (QED) is 0.766. The number of rotatable bonds is 5. The summed E-state index contributed by atoms with van der Waals surface area (Å²) in [7, 11) is -2.94. The van der Waals surface area contributed by atoms with Crippen LogP contribution in [0.5, 0.6) is 11.5 Å². The highest BCUT2D eigenvalue weighted by molar-refractivity contribution is 7.89. The van der Waals surface area contributed by atoms with Crippen LogP contribution in [0.4, 0.5) is 18.9 Å². The maximum Gasteiger partial charge on any atom is 0.418 e. The van der Waals surface area contributed by atoms with E-state index in [2.05, 4.69) is 5.32 Å². The first-order valence-corrected chi connectivity index (χ1v) is 10.3. The first-order chi connectivity index (χ1) is 14.1. The fraction of sp³-hybridized carbons (Fsp3) is 0.316. The second-order valence-corrected chi connectivity index (χ2v) is 8.56. The zero-order valence-electron chi connectivity index (χ0n) is 15.9. The van der Waals surface area contributed by atoms with Crippen molar-refractivity contribution in [2.75, 3.05) is 32.1 Å². The smallest absolute Gasteiger partial charge is 0.418 e. The third-order valence-corrected chi connectivity index (χ3v) is 6.10. The summed E-state index contributed by atoms with van der Waals surface area (Å²) in [4.78, 5) is 12.1. The van der Waals surface area contributed by atoms with Gasteiger partial charge in [-0.3, -0.25) is 4.79 Å². The SMILES string of the molecule is CN(CC(=O)Nc1ccccc1C(F)(F)F)S(=O)(=O)c1ccc2c(c1)OCCCO2. The summed E-state index contributed by atoms with van der Waals surface area (Å²) in [6.45, 7) is 0.134. The first kappa shape index (κ1) is 21.9. The number of hydrogen-bond donors (Lipinski definition) is 1. The summed E-state index contributed by atoms with van der Waals surface area (Å²) in [5.74, 6) is -0.228. The van der Waals surface area contributed by atoms with Crippen LogP contribution in [0.2, 0.25) is 0 Å². The number of alkyl halides is 3. The number of halogens is 3. The van der Waals surface area contributed by atoms with Crippen molar-refractivity contribution in [3.8, 4) is 11.5 Å². The maximum absolute atomic E-state index is 13.1. The third-order valence-electron chi connectivity index (χ3n) is 4.30. The van der Waals surface area contributed by atoms with E-state index in [-0.39, 0.29) is 10.6 Å². The molecule has 1 N–H and O–H groups in total. The molecular formula is C19H19F3N2O5S. The number of para-hydroxylation sites is 1. The van der Waals surface area contributed by atoms with Crippen molar-refractivity contribution in [1.82, 2.24) is 4.31 Å². The highest BCUT2D eigenvalue weighted by Gasteiger charge is 2.34. The van der Waals surface area contributed by atoms with Crippen LogP contribution in [0, 0.1) is 0 Å². The van der Waals surface area contributed by atoms with Gasteiger partial charge in [0.25, 0.3) is 0 Å². The predicted molar refractivity (Wildman–Crippen MR) is 102 cm³/mol. The van der Waals surface area contributed by atoms with Crippen LogP contribution >= 0.6 is 0 Å². The molecule has 7 nitrogen and oxygen atoms in total. The van der Waals surface area contributed by atoms with E-state index < -0.39 is 39.9 Å². The summed E-state index contributed by atoms with van der Waals surface area (Å²) in [6, 6.07) is 8.52. The molecule has 1 aliphatic heterocycles. The molecule has 0 atom stereocenters. The van der Waals surface area contributed by atoms with Gasteiger partial charge in [-0.1, -0.05) is 12.1 Å². The van der Waals surface area contributed by atoms with E-state index >= 15 is 0 Å². The van der Waals surface area contributed by atoms with E-state index in [1.807, 2.05) is 0 Å². The zero-order chi connectivity index (χ0) is 21.9. The molecule has 0 saturated carbocycles. The lowest BCUT2D eigenvalue weighted by Crippen LogP contribution is -2.35. The van der Waals surface area contributed by atoms with Gasteiger partial charge in [-0.25, -0.2) is 8.42 Å². The Hall–Kier alpha value is -2.79. The lowest BCUT2D eigenvalue weighted by Gasteiger charge is -2.19. The number of nitrogens with one attached hydrogen (secondary N) is 1. The maximum atomic E-state index is 13.1. The number of benzene rings is 2.